The molecule has 0 aromatic heterocycles. The van der Waals surface area contributed by atoms with E-state index in [1.807, 2.05) is 18.2 Å². The molecule has 1 rings (SSSR count). The Morgan fingerprint density at radius 1 is 1.17 bits per heavy atom. The second kappa shape index (κ2) is 12.7. The van der Waals surface area contributed by atoms with Crippen LogP contribution in [-0.2, 0) is 14.3 Å². The van der Waals surface area contributed by atoms with Crippen LogP contribution in [-0.4, -0.2) is 18.9 Å². The summed E-state index contributed by atoms with van der Waals surface area (Å²) < 4.78 is 4.63. The zero-order valence-corrected chi connectivity index (χ0v) is 15.3. The summed E-state index contributed by atoms with van der Waals surface area (Å²) in [4.78, 5) is 23.0. The van der Waals surface area contributed by atoms with Crippen molar-refractivity contribution in [2.24, 2.45) is 5.92 Å². The molecule has 0 unspecified atom stereocenters. The fourth-order valence-corrected chi connectivity index (χ4v) is 2.91. The first-order valence-corrected chi connectivity index (χ1v) is 9.35. The third kappa shape index (κ3) is 8.28. The third-order valence-electron chi connectivity index (χ3n) is 4.42. The second-order valence-electron chi connectivity index (χ2n) is 6.40. The molecule has 0 spiro atoms. The van der Waals surface area contributed by atoms with Crippen LogP contribution in [0.2, 0.25) is 0 Å². The molecule has 0 saturated heterocycles. The highest BCUT2D eigenvalue weighted by molar-refractivity contribution is 6.07. The van der Waals surface area contributed by atoms with Crippen LogP contribution in [0.3, 0.4) is 0 Å². The van der Waals surface area contributed by atoms with E-state index in [1.54, 1.807) is 6.08 Å². The molecule has 0 saturated carbocycles. The van der Waals surface area contributed by atoms with Gasteiger partial charge in [0.25, 0.3) is 0 Å². The molecule has 0 aliphatic heterocycles. The fourth-order valence-electron chi connectivity index (χ4n) is 2.91. The summed E-state index contributed by atoms with van der Waals surface area (Å²) >= 11 is 0. The Kier molecular flexibility index (Phi) is 10.8. The minimum Gasteiger partial charge on any atom is -0.469 e. The highest BCUT2D eigenvalue weighted by Gasteiger charge is 2.21. The number of ketones is 1. The first kappa shape index (κ1) is 20.4. The molecule has 0 N–H and O–H groups in total. The zero-order chi connectivity index (χ0) is 17.6. The molecular formula is C21H32O3. The lowest BCUT2D eigenvalue weighted by atomic mass is 9.94. The maximum Gasteiger partial charge on any atom is 0.305 e. The largest absolute Gasteiger partial charge is 0.469 e. The van der Waals surface area contributed by atoms with Crippen LogP contribution in [0.25, 0.3) is 0 Å². The number of carbonyl (C=O) groups excluding carboxylic acids is 2. The molecule has 134 valence electrons. The average Bonchev–Trinajstić information content (AvgIpc) is 2.94. The normalized spacial score (nSPS) is 18.8. The molecule has 0 radical (unpaired) electrons. The van der Waals surface area contributed by atoms with Crippen molar-refractivity contribution in [1.82, 2.24) is 0 Å². The van der Waals surface area contributed by atoms with Gasteiger partial charge < -0.3 is 4.74 Å². The summed E-state index contributed by atoms with van der Waals surface area (Å²) in [6.45, 7) is 2.20. The molecule has 24 heavy (non-hydrogen) atoms. The SMILES string of the molecule is CCCCC/C=C/C=C1/C(=O)C=C[C@@H]1CCCCCCC(=O)OC. The number of esters is 1. The minimum atomic E-state index is -0.129. The second-order valence-corrected chi connectivity index (χ2v) is 6.40. The Morgan fingerprint density at radius 2 is 1.96 bits per heavy atom. The molecule has 3 nitrogen and oxygen atoms in total. The van der Waals surface area contributed by atoms with Gasteiger partial charge in [0.1, 0.15) is 0 Å². The number of hydrogen-bond donors (Lipinski definition) is 0. The maximum absolute atomic E-state index is 12.0. The van der Waals surface area contributed by atoms with Crippen LogP contribution >= 0.6 is 0 Å². The number of carbonyl (C=O) groups is 2. The fraction of sp³-hybridized carbons (Fsp3) is 0.619. The van der Waals surface area contributed by atoms with Crippen molar-refractivity contribution in [2.75, 3.05) is 7.11 Å². The third-order valence-corrected chi connectivity index (χ3v) is 4.42. The van der Waals surface area contributed by atoms with Crippen LogP contribution in [0, 0.1) is 5.92 Å². The van der Waals surface area contributed by atoms with Crippen molar-refractivity contribution < 1.29 is 14.3 Å². The Bertz CT molecular complexity index is 471. The molecule has 0 amide bonds. The van der Waals surface area contributed by atoms with E-state index >= 15 is 0 Å². The highest BCUT2D eigenvalue weighted by atomic mass is 16.5. The molecule has 0 aromatic rings. The summed E-state index contributed by atoms with van der Waals surface area (Å²) in [6.07, 6.45) is 20.4. The lowest BCUT2D eigenvalue weighted by Crippen LogP contribution is -2.03. The van der Waals surface area contributed by atoms with Gasteiger partial charge in [-0.1, -0.05) is 63.3 Å². The molecule has 3 heteroatoms. The number of ether oxygens (including phenoxy) is 1. The monoisotopic (exact) mass is 332 g/mol. The first-order valence-electron chi connectivity index (χ1n) is 9.35. The summed E-state index contributed by atoms with van der Waals surface area (Å²) in [5.74, 6) is 0.289. The molecule has 0 fully saturated rings. The Hall–Kier alpha value is -1.64. The number of unbranched alkanes of at least 4 members (excludes halogenated alkanes) is 6. The van der Waals surface area contributed by atoms with Gasteiger partial charge in [-0.3, -0.25) is 9.59 Å². The van der Waals surface area contributed by atoms with Crippen molar-refractivity contribution in [3.05, 3.63) is 36.0 Å². The van der Waals surface area contributed by atoms with E-state index in [0.717, 1.165) is 44.1 Å². The molecular weight excluding hydrogens is 300 g/mol. The average molecular weight is 332 g/mol. The van der Waals surface area contributed by atoms with E-state index in [2.05, 4.69) is 17.7 Å². The molecule has 1 aliphatic carbocycles. The zero-order valence-electron chi connectivity index (χ0n) is 15.3. The van der Waals surface area contributed by atoms with Gasteiger partial charge >= 0.3 is 5.97 Å². The molecule has 1 aliphatic rings. The van der Waals surface area contributed by atoms with Gasteiger partial charge in [-0.15, -0.1) is 0 Å². The standard InChI is InChI=1S/C21H32O3/c1-3-4-5-6-7-11-14-19-18(16-17-20(19)22)13-10-8-9-12-15-21(23)24-2/h7,11,14,16-18H,3-6,8-10,12-13,15H2,1-2H3/b11-7+,19-14+/t18-/m0/s1. The summed E-state index contributed by atoms with van der Waals surface area (Å²) in [7, 11) is 1.43. The Labute approximate surface area is 146 Å². The van der Waals surface area contributed by atoms with Crippen LogP contribution < -0.4 is 0 Å². The molecule has 1 atom stereocenters. The maximum atomic E-state index is 12.0. The van der Waals surface area contributed by atoms with Gasteiger partial charge in [-0.2, -0.15) is 0 Å². The number of rotatable bonds is 12. The first-order chi connectivity index (χ1) is 11.7. The van der Waals surface area contributed by atoms with E-state index in [9.17, 15) is 9.59 Å². The molecule has 0 aromatic carbocycles. The van der Waals surface area contributed by atoms with Crippen molar-refractivity contribution >= 4 is 11.8 Å². The topological polar surface area (TPSA) is 43.4 Å². The van der Waals surface area contributed by atoms with E-state index in [1.165, 1.54) is 26.4 Å². The predicted molar refractivity (Wildman–Crippen MR) is 98.7 cm³/mol. The van der Waals surface area contributed by atoms with E-state index in [-0.39, 0.29) is 17.7 Å². The van der Waals surface area contributed by atoms with Gasteiger partial charge in [-0.25, -0.2) is 0 Å². The van der Waals surface area contributed by atoms with Gasteiger partial charge in [-0.05, 0) is 31.8 Å². The molecule has 0 bridgehead atoms. The van der Waals surface area contributed by atoms with E-state index < -0.39 is 0 Å². The quantitative estimate of drug-likeness (QED) is 0.276. The van der Waals surface area contributed by atoms with Crippen molar-refractivity contribution in [1.29, 1.82) is 0 Å². The van der Waals surface area contributed by atoms with Crippen LogP contribution in [0.1, 0.15) is 71.1 Å². The van der Waals surface area contributed by atoms with Crippen LogP contribution in [0.4, 0.5) is 0 Å². The highest BCUT2D eigenvalue weighted by Crippen LogP contribution is 2.27. The Morgan fingerprint density at radius 3 is 2.71 bits per heavy atom. The van der Waals surface area contributed by atoms with Crippen molar-refractivity contribution in [3.63, 3.8) is 0 Å². The number of hydrogen-bond acceptors (Lipinski definition) is 3. The van der Waals surface area contributed by atoms with Crippen LogP contribution in [0.15, 0.2) is 36.0 Å². The Balaban J connectivity index is 2.26. The van der Waals surface area contributed by atoms with E-state index in [0.29, 0.717) is 6.42 Å². The smallest absolute Gasteiger partial charge is 0.305 e. The van der Waals surface area contributed by atoms with E-state index in [4.69, 9.17) is 0 Å². The lowest BCUT2D eigenvalue weighted by molar-refractivity contribution is -0.140. The van der Waals surface area contributed by atoms with Gasteiger partial charge in [0.15, 0.2) is 5.78 Å². The van der Waals surface area contributed by atoms with Gasteiger partial charge in [0, 0.05) is 17.9 Å². The van der Waals surface area contributed by atoms with Gasteiger partial charge in [0.2, 0.25) is 0 Å². The predicted octanol–water partition coefficient (Wildman–Crippen LogP) is 5.32. The van der Waals surface area contributed by atoms with Crippen molar-refractivity contribution in [2.45, 2.75) is 71.1 Å². The molecule has 0 heterocycles. The minimum absolute atomic E-state index is 0.129. The summed E-state index contributed by atoms with van der Waals surface area (Å²) in [5.41, 5.74) is 0.927. The number of methoxy groups -OCH3 is 1. The summed E-state index contributed by atoms with van der Waals surface area (Å²) in [5, 5.41) is 0. The lowest BCUT2D eigenvalue weighted by Gasteiger charge is -2.09. The number of allylic oxidation sites excluding steroid dienone is 6. The van der Waals surface area contributed by atoms with Gasteiger partial charge in [0.05, 0.1) is 7.11 Å². The van der Waals surface area contributed by atoms with Crippen molar-refractivity contribution in [3.8, 4) is 0 Å². The summed E-state index contributed by atoms with van der Waals surface area (Å²) in [6, 6.07) is 0. The van der Waals surface area contributed by atoms with Crippen LogP contribution in [0.5, 0.6) is 0 Å².